The molecule has 0 saturated carbocycles. The molecule has 0 aliphatic carbocycles. The Morgan fingerprint density at radius 1 is 1.18 bits per heavy atom. The van der Waals surface area contributed by atoms with Gasteiger partial charge in [0.1, 0.15) is 0 Å². The fraction of sp³-hybridized carbons (Fsp3) is 0.0769. The third-order valence-electron chi connectivity index (χ3n) is 2.40. The van der Waals surface area contributed by atoms with Gasteiger partial charge in [0, 0.05) is 12.7 Å². The summed E-state index contributed by atoms with van der Waals surface area (Å²) in [6, 6.07) is 12.2. The summed E-state index contributed by atoms with van der Waals surface area (Å²) in [6.07, 6.45) is 0.569. The van der Waals surface area contributed by atoms with E-state index in [1.807, 2.05) is 30.3 Å². The molecule has 17 heavy (non-hydrogen) atoms. The smallest absolute Gasteiger partial charge is 0.293 e. The van der Waals surface area contributed by atoms with Crippen LogP contribution in [0.1, 0.15) is 21.1 Å². The average molecular weight is 229 g/mol. The van der Waals surface area contributed by atoms with Gasteiger partial charge in [0.15, 0.2) is 17.8 Å². The Morgan fingerprint density at radius 3 is 2.47 bits per heavy atom. The minimum atomic E-state index is -0.288. The predicted molar refractivity (Wildman–Crippen MR) is 63.3 cm³/mol. The van der Waals surface area contributed by atoms with Crippen molar-refractivity contribution in [1.82, 2.24) is 0 Å². The maximum absolute atomic E-state index is 12.0. The molecule has 0 N–H and O–H groups in total. The van der Waals surface area contributed by atoms with E-state index in [2.05, 4.69) is 0 Å². The van der Waals surface area contributed by atoms with Crippen LogP contribution in [-0.2, 0) is 0 Å². The Hall–Kier alpha value is -2.36. The average Bonchev–Trinajstić information content (AvgIpc) is 2.87. The number of nitrogens with zero attached hydrogens (tertiary/aromatic N) is 1. The molecule has 2 aromatic rings. The van der Waals surface area contributed by atoms with Gasteiger partial charge in [0.25, 0.3) is 5.91 Å². The Morgan fingerprint density at radius 2 is 1.88 bits per heavy atom. The van der Waals surface area contributed by atoms with Crippen molar-refractivity contribution in [1.29, 1.82) is 0 Å². The molecule has 2 rings (SSSR count). The zero-order valence-corrected chi connectivity index (χ0v) is 9.29. The molecule has 0 radical (unpaired) electrons. The summed E-state index contributed by atoms with van der Waals surface area (Å²) in [5.41, 5.74) is 0.765. The van der Waals surface area contributed by atoms with Crippen LogP contribution >= 0.6 is 0 Å². The lowest BCUT2D eigenvalue weighted by atomic mass is 10.3. The topological polar surface area (TPSA) is 50.5 Å². The molecule has 0 atom stereocenters. The van der Waals surface area contributed by atoms with Gasteiger partial charge in [-0.15, -0.1) is 0 Å². The van der Waals surface area contributed by atoms with Crippen molar-refractivity contribution >= 4 is 17.9 Å². The Bertz CT molecular complexity index is 531. The van der Waals surface area contributed by atoms with Gasteiger partial charge >= 0.3 is 0 Å². The summed E-state index contributed by atoms with van der Waals surface area (Å²) in [6.45, 7) is 0. The van der Waals surface area contributed by atoms with Crippen LogP contribution in [0.3, 0.4) is 0 Å². The van der Waals surface area contributed by atoms with E-state index in [0.29, 0.717) is 6.29 Å². The second-order valence-corrected chi connectivity index (χ2v) is 3.52. The number of furan rings is 1. The van der Waals surface area contributed by atoms with Gasteiger partial charge in [0.2, 0.25) is 0 Å². The van der Waals surface area contributed by atoms with Crippen molar-refractivity contribution in [2.24, 2.45) is 0 Å². The first-order chi connectivity index (χ1) is 8.22. The van der Waals surface area contributed by atoms with Crippen LogP contribution in [0.4, 0.5) is 5.69 Å². The van der Waals surface area contributed by atoms with E-state index in [-0.39, 0.29) is 17.4 Å². The second-order valence-electron chi connectivity index (χ2n) is 3.52. The van der Waals surface area contributed by atoms with E-state index in [1.54, 1.807) is 7.05 Å². The number of aldehydes is 1. The van der Waals surface area contributed by atoms with Crippen LogP contribution < -0.4 is 4.90 Å². The summed E-state index contributed by atoms with van der Waals surface area (Å²) in [5.74, 6) is 0.0116. The highest BCUT2D eigenvalue weighted by atomic mass is 16.4. The standard InChI is InChI=1S/C13H11NO3/c1-14(10-5-3-2-4-6-10)13(16)12-8-7-11(9-15)17-12/h2-9H,1H3. The third-order valence-corrected chi connectivity index (χ3v) is 2.40. The van der Waals surface area contributed by atoms with E-state index < -0.39 is 0 Å². The normalized spacial score (nSPS) is 9.94. The van der Waals surface area contributed by atoms with Crippen LogP contribution in [0.5, 0.6) is 0 Å². The highest BCUT2D eigenvalue weighted by Crippen LogP contribution is 2.15. The van der Waals surface area contributed by atoms with Crippen molar-refractivity contribution in [2.45, 2.75) is 0 Å². The molecular formula is C13H11NO3. The summed E-state index contributed by atoms with van der Waals surface area (Å²) in [5, 5.41) is 0. The first-order valence-corrected chi connectivity index (χ1v) is 5.10. The molecule has 4 heteroatoms. The van der Waals surface area contributed by atoms with E-state index in [0.717, 1.165) is 5.69 Å². The first kappa shape index (κ1) is 11.1. The number of hydrogen-bond donors (Lipinski definition) is 0. The summed E-state index contributed by atoms with van der Waals surface area (Å²) in [4.78, 5) is 23.9. The number of benzene rings is 1. The molecular weight excluding hydrogens is 218 g/mol. The molecule has 86 valence electrons. The molecule has 1 heterocycles. The number of amides is 1. The molecule has 0 aliphatic rings. The predicted octanol–water partition coefficient (Wildman–Crippen LogP) is 2.37. The molecule has 0 bridgehead atoms. The third kappa shape index (κ3) is 2.25. The Labute approximate surface area is 98.5 Å². The lowest BCUT2D eigenvalue weighted by Gasteiger charge is -2.15. The van der Waals surface area contributed by atoms with Crippen LogP contribution in [0.15, 0.2) is 46.9 Å². The number of rotatable bonds is 3. The number of carbonyl (C=O) groups excluding carboxylic acids is 2. The highest BCUT2D eigenvalue weighted by Gasteiger charge is 2.16. The Kier molecular flexibility index (Phi) is 3.05. The number of carbonyl (C=O) groups is 2. The van der Waals surface area contributed by atoms with Gasteiger partial charge < -0.3 is 9.32 Å². The summed E-state index contributed by atoms with van der Waals surface area (Å²) in [7, 11) is 1.65. The molecule has 1 aromatic heterocycles. The second kappa shape index (κ2) is 4.65. The molecule has 0 spiro atoms. The van der Waals surface area contributed by atoms with E-state index >= 15 is 0 Å². The van der Waals surface area contributed by atoms with Crippen LogP contribution in [0.2, 0.25) is 0 Å². The number of para-hydroxylation sites is 1. The molecule has 0 fully saturated rings. The van der Waals surface area contributed by atoms with Gasteiger partial charge in [-0.05, 0) is 24.3 Å². The minimum Gasteiger partial charge on any atom is -0.448 e. The number of hydrogen-bond acceptors (Lipinski definition) is 3. The van der Waals surface area contributed by atoms with Gasteiger partial charge in [-0.3, -0.25) is 9.59 Å². The summed E-state index contributed by atoms with van der Waals surface area (Å²) >= 11 is 0. The molecule has 0 saturated heterocycles. The molecule has 0 unspecified atom stereocenters. The van der Waals surface area contributed by atoms with E-state index in [1.165, 1.54) is 17.0 Å². The molecule has 0 aliphatic heterocycles. The van der Waals surface area contributed by atoms with Crippen molar-refractivity contribution in [3.63, 3.8) is 0 Å². The quantitative estimate of drug-likeness (QED) is 0.759. The first-order valence-electron chi connectivity index (χ1n) is 5.10. The molecule has 4 nitrogen and oxygen atoms in total. The van der Waals surface area contributed by atoms with Crippen molar-refractivity contribution in [2.75, 3.05) is 11.9 Å². The zero-order chi connectivity index (χ0) is 12.3. The van der Waals surface area contributed by atoms with Crippen LogP contribution in [-0.4, -0.2) is 19.2 Å². The molecule has 1 amide bonds. The van der Waals surface area contributed by atoms with Crippen LogP contribution in [0.25, 0.3) is 0 Å². The van der Waals surface area contributed by atoms with E-state index in [9.17, 15) is 9.59 Å². The monoisotopic (exact) mass is 229 g/mol. The van der Waals surface area contributed by atoms with E-state index in [4.69, 9.17) is 4.42 Å². The van der Waals surface area contributed by atoms with Gasteiger partial charge in [0.05, 0.1) is 0 Å². The maximum Gasteiger partial charge on any atom is 0.293 e. The van der Waals surface area contributed by atoms with Gasteiger partial charge in [-0.25, -0.2) is 0 Å². The molecule has 1 aromatic carbocycles. The van der Waals surface area contributed by atoms with Crippen molar-refractivity contribution in [3.05, 3.63) is 54.0 Å². The zero-order valence-electron chi connectivity index (χ0n) is 9.29. The number of anilines is 1. The summed E-state index contributed by atoms with van der Waals surface area (Å²) < 4.78 is 5.08. The van der Waals surface area contributed by atoms with Crippen molar-refractivity contribution < 1.29 is 14.0 Å². The lowest BCUT2D eigenvalue weighted by molar-refractivity contribution is 0.0963. The van der Waals surface area contributed by atoms with Gasteiger partial charge in [-0.2, -0.15) is 0 Å². The van der Waals surface area contributed by atoms with Crippen LogP contribution in [0, 0.1) is 0 Å². The highest BCUT2D eigenvalue weighted by molar-refractivity contribution is 6.04. The SMILES string of the molecule is CN(C(=O)c1ccc(C=O)o1)c1ccccc1. The fourth-order valence-corrected chi connectivity index (χ4v) is 1.47. The minimum absolute atomic E-state index is 0.148. The largest absolute Gasteiger partial charge is 0.448 e. The Balaban J connectivity index is 2.23. The van der Waals surface area contributed by atoms with Crippen molar-refractivity contribution in [3.8, 4) is 0 Å². The maximum atomic E-state index is 12.0. The lowest BCUT2D eigenvalue weighted by Crippen LogP contribution is -2.25. The fourth-order valence-electron chi connectivity index (χ4n) is 1.47. The van der Waals surface area contributed by atoms with Gasteiger partial charge in [-0.1, -0.05) is 18.2 Å².